The highest BCUT2D eigenvalue weighted by Crippen LogP contribution is 2.43. The summed E-state index contributed by atoms with van der Waals surface area (Å²) < 4.78 is 1.04. The van der Waals surface area contributed by atoms with Crippen LogP contribution in [0.1, 0.15) is 12.0 Å². The number of benzene rings is 1. The fraction of sp³-hybridized carbons (Fsp3) is 0.143. The fourth-order valence-corrected chi connectivity index (χ4v) is 3.17. The molecule has 0 atom stereocenters. The lowest BCUT2D eigenvalue weighted by molar-refractivity contribution is -0.160. The van der Waals surface area contributed by atoms with Gasteiger partial charge in [0.25, 0.3) is 0 Å². The summed E-state index contributed by atoms with van der Waals surface area (Å²) in [5.41, 5.74) is -0.257. The van der Waals surface area contributed by atoms with Crippen molar-refractivity contribution in [1.29, 1.82) is 0 Å². The van der Waals surface area contributed by atoms with Crippen LogP contribution in [-0.2, 0) is 9.59 Å². The van der Waals surface area contributed by atoms with E-state index in [1.54, 1.807) is 12.2 Å². The van der Waals surface area contributed by atoms with Crippen molar-refractivity contribution in [1.82, 2.24) is 0 Å². The van der Waals surface area contributed by atoms with Gasteiger partial charge in [0.1, 0.15) is 0 Å². The predicted octanol–water partition coefficient (Wildman–Crippen LogP) is 3.67. The van der Waals surface area contributed by atoms with E-state index >= 15 is 0 Å². The summed E-state index contributed by atoms with van der Waals surface area (Å²) >= 11 is 6.48. The molecule has 0 amide bonds. The third kappa shape index (κ3) is 2.45. The van der Waals surface area contributed by atoms with E-state index in [0.29, 0.717) is 0 Å². The molecule has 0 saturated heterocycles. The Hall–Kier alpha value is -1.40. The van der Waals surface area contributed by atoms with Crippen molar-refractivity contribution in [3.8, 4) is 0 Å². The molecule has 0 aromatic heterocycles. The van der Waals surface area contributed by atoms with Crippen molar-refractivity contribution in [3.05, 3.63) is 50.9 Å². The summed E-state index contributed by atoms with van der Waals surface area (Å²) in [5.74, 6) is -2.75. The Labute approximate surface area is 132 Å². The second-order valence-electron chi connectivity index (χ2n) is 4.38. The van der Waals surface area contributed by atoms with Gasteiger partial charge < -0.3 is 10.2 Å². The SMILES string of the molecule is O=C(O)C1(C(=O)O)CC=C(c2cccc(Br)c2)C=C1Br. The molecular weight excluding hydrogens is 392 g/mol. The van der Waals surface area contributed by atoms with Crippen LogP contribution in [0.15, 0.2) is 45.4 Å². The molecule has 2 rings (SSSR count). The van der Waals surface area contributed by atoms with E-state index in [4.69, 9.17) is 0 Å². The monoisotopic (exact) mass is 400 g/mol. The molecule has 1 aliphatic rings. The first-order valence-electron chi connectivity index (χ1n) is 5.68. The number of aliphatic carboxylic acids is 2. The van der Waals surface area contributed by atoms with Gasteiger partial charge in [0.15, 0.2) is 5.41 Å². The van der Waals surface area contributed by atoms with E-state index < -0.39 is 17.4 Å². The molecule has 0 spiro atoms. The number of carboxylic acids is 2. The topological polar surface area (TPSA) is 74.6 Å². The van der Waals surface area contributed by atoms with Gasteiger partial charge in [-0.25, -0.2) is 0 Å². The Morgan fingerprint density at radius 2 is 1.80 bits per heavy atom. The van der Waals surface area contributed by atoms with Gasteiger partial charge in [-0.1, -0.05) is 50.1 Å². The normalized spacial score (nSPS) is 17.1. The van der Waals surface area contributed by atoms with E-state index in [2.05, 4.69) is 31.9 Å². The van der Waals surface area contributed by atoms with Crippen LogP contribution in [0, 0.1) is 5.41 Å². The molecule has 1 aliphatic carbocycles. The lowest BCUT2D eigenvalue weighted by atomic mass is 9.79. The highest BCUT2D eigenvalue weighted by molar-refractivity contribution is 9.11. The van der Waals surface area contributed by atoms with Crippen molar-refractivity contribution >= 4 is 49.4 Å². The lowest BCUT2D eigenvalue weighted by Gasteiger charge is -2.27. The van der Waals surface area contributed by atoms with Crippen molar-refractivity contribution in [2.24, 2.45) is 5.41 Å². The Balaban J connectivity index is 2.44. The van der Waals surface area contributed by atoms with Gasteiger partial charge >= 0.3 is 11.9 Å². The van der Waals surface area contributed by atoms with Gasteiger partial charge in [0.05, 0.1) is 0 Å². The summed E-state index contributed by atoms with van der Waals surface area (Å²) in [7, 11) is 0. The van der Waals surface area contributed by atoms with Crippen molar-refractivity contribution in [2.75, 3.05) is 0 Å². The molecule has 1 aromatic carbocycles. The van der Waals surface area contributed by atoms with Gasteiger partial charge in [-0.3, -0.25) is 9.59 Å². The van der Waals surface area contributed by atoms with Gasteiger partial charge in [-0.15, -0.1) is 0 Å². The van der Waals surface area contributed by atoms with Crippen LogP contribution in [0.5, 0.6) is 0 Å². The first-order valence-corrected chi connectivity index (χ1v) is 7.27. The van der Waals surface area contributed by atoms with E-state index in [1.807, 2.05) is 24.3 Å². The van der Waals surface area contributed by atoms with Gasteiger partial charge in [0, 0.05) is 8.96 Å². The van der Waals surface area contributed by atoms with Crippen molar-refractivity contribution in [2.45, 2.75) is 6.42 Å². The molecule has 0 radical (unpaired) electrons. The first kappa shape index (κ1) is 15.0. The van der Waals surface area contributed by atoms with Crippen molar-refractivity contribution < 1.29 is 19.8 Å². The van der Waals surface area contributed by atoms with Crippen LogP contribution in [0.2, 0.25) is 0 Å². The second kappa shape index (κ2) is 5.54. The maximum atomic E-state index is 11.3. The Kier molecular flexibility index (Phi) is 4.15. The molecule has 104 valence electrons. The Morgan fingerprint density at radius 3 is 2.30 bits per heavy atom. The number of halogens is 2. The minimum absolute atomic E-state index is 0.101. The molecule has 1 aromatic rings. The Morgan fingerprint density at radius 1 is 1.15 bits per heavy atom. The van der Waals surface area contributed by atoms with Gasteiger partial charge in [-0.05, 0) is 35.8 Å². The molecule has 6 heteroatoms. The van der Waals surface area contributed by atoms with Gasteiger partial charge in [-0.2, -0.15) is 0 Å². The standard InChI is InChI=1S/C14H10Br2O4/c15-10-3-1-2-8(6-10)9-4-5-14(12(17)18,13(19)20)11(16)7-9/h1-4,6-7H,5H2,(H,17,18)(H,19,20). The molecule has 0 unspecified atom stereocenters. The van der Waals surface area contributed by atoms with Crippen LogP contribution in [0.4, 0.5) is 0 Å². The smallest absolute Gasteiger partial charge is 0.326 e. The van der Waals surface area contributed by atoms with E-state index in [0.717, 1.165) is 15.6 Å². The zero-order valence-corrected chi connectivity index (χ0v) is 13.3. The zero-order chi connectivity index (χ0) is 14.9. The molecule has 2 N–H and O–H groups in total. The number of hydrogen-bond acceptors (Lipinski definition) is 2. The highest BCUT2D eigenvalue weighted by atomic mass is 79.9. The van der Waals surface area contributed by atoms with Crippen LogP contribution in [0.25, 0.3) is 5.57 Å². The van der Waals surface area contributed by atoms with E-state index in [9.17, 15) is 19.8 Å². The summed E-state index contributed by atoms with van der Waals surface area (Å²) in [6, 6.07) is 7.50. The summed E-state index contributed by atoms with van der Waals surface area (Å²) in [5, 5.41) is 18.5. The number of allylic oxidation sites excluding steroid dienone is 3. The average molecular weight is 402 g/mol. The van der Waals surface area contributed by atoms with Crippen LogP contribution < -0.4 is 0 Å². The summed E-state index contributed by atoms with van der Waals surface area (Å²) in [6.07, 6.45) is 3.08. The maximum absolute atomic E-state index is 11.3. The van der Waals surface area contributed by atoms with E-state index in [-0.39, 0.29) is 10.9 Å². The molecule has 0 aliphatic heterocycles. The number of carboxylic acid groups (broad SMARTS) is 2. The third-order valence-corrected chi connectivity index (χ3v) is 4.61. The first-order chi connectivity index (χ1) is 9.37. The molecular formula is C14H10Br2O4. The zero-order valence-electron chi connectivity index (χ0n) is 10.1. The molecule has 0 saturated carbocycles. The van der Waals surface area contributed by atoms with Crippen LogP contribution in [0.3, 0.4) is 0 Å². The molecule has 4 nitrogen and oxygen atoms in total. The molecule has 0 heterocycles. The minimum atomic E-state index is -1.94. The quantitative estimate of drug-likeness (QED) is 0.757. The molecule has 20 heavy (non-hydrogen) atoms. The molecule has 0 fully saturated rings. The molecule has 0 bridgehead atoms. The fourth-order valence-electron chi connectivity index (χ4n) is 2.02. The predicted molar refractivity (Wildman–Crippen MR) is 81.5 cm³/mol. The average Bonchev–Trinajstić information content (AvgIpc) is 2.37. The van der Waals surface area contributed by atoms with E-state index in [1.165, 1.54) is 0 Å². The number of rotatable bonds is 3. The van der Waals surface area contributed by atoms with Crippen LogP contribution >= 0.6 is 31.9 Å². The minimum Gasteiger partial charge on any atom is -0.480 e. The maximum Gasteiger partial charge on any atom is 0.326 e. The highest BCUT2D eigenvalue weighted by Gasteiger charge is 2.49. The van der Waals surface area contributed by atoms with Crippen LogP contribution in [-0.4, -0.2) is 22.2 Å². The van der Waals surface area contributed by atoms with Crippen molar-refractivity contribution in [3.63, 3.8) is 0 Å². The van der Waals surface area contributed by atoms with Gasteiger partial charge in [0.2, 0.25) is 0 Å². The Bertz CT molecular complexity index is 632. The summed E-state index contributed by atoms with van der Waals surface area (Å²) in [4.78, 5) is 22.7. The lowest BCUT2D eigenvalue weighted by Crippen LogP contribution is -2.40. The third-order valence-electron chi connectivity index (χ3n) is 3.21. The summed E-state index contributed by atoms with van der Waals surface area (Å²) in [6.45, 7) is 0. The number of hydrogen-bond donors (Lipinski definition) is 2. The number of carbonyl (C=O) groups is 2. The second-order valence-corrected chi connectivity index (χ2v) is 6.15. The largest absolute Gasteiger partial charge is 0.480 e.